The van der Waals surface area contributed by atoms with Crippen LogP contribution in [0.1, 0.15) is 36.2 Å². The molecule has 0 saturated carbocycles. The SMILES string of the molecule is CCC(C)C(=O)Oc1ccc(C(=O)NCc2cccnc2)cn1. The van der Waals surface area contributed by atoms with E-state index >= 15 is 0 Å². The fourth-order valence-corrected chi connectivity index (χ4v) is 1.73. The predicted octanol–water partition coefficient (Wildman–Crippen LogP) is 2.36. The number of esters is 1. The van der Waals surface area contributed by atoms with Crippen LogP contribution in [0.25, 0.3) is 0 Å². The van der Waals surface area contributed by atoms with E-state index < -0.39 is 0 Å². The molecule has 6 heteroatoms. The Labute approximate surface area is 134 Å². The number of nitrogens with zero attached hydrogens (tertiary/aromatic N) is 2. The van der Waals surface area contributed by atoms with Crippen molar-refractivity contribution in [1.29, 1.82) is 0 Å². The number of ether oxygens (including phenoxy) is 1. The molecule has 0 saturated heterocycles. The van der Waals surface area contributed by atoms with E-state index in [4.69, 9.17) is 4.74 Å². The van der Waals surface area contributed by atoms with Crippen molar-refractivity contribution < 1.29 is 14.3 Å². The molecular formula is C17H19N3O3. The standard InChI is InChI=1S/C17H19N3O3/c1-3-12(2)17(22)23-15-7-6-14(11-19-15)16(21)20-10-13-5-4-8-18-9-13/h4-9,11-12H,3,10H2,1-2H3,(H,20,21). The molecule has 23 heavy (non-hydrogen) atoms. The number of nitrogens with one attached hydrogen (secondary N) is 1. The van der Waals surface area contributed by atoms with Crippen LogP contribution in [0.3, 0.4) is 0 Å². The lowest BCUT2D eigenvalue weighted by atomic mass is 10.1. The third-order valence-electron chi connectivity index (χ3n) is 3.39. The zero-order valence-electron chi connectivity index (χ0n) is 13.2. The van der Waals surface area contributed by atoms with Gasteiger partial charge in [-0.1, -0.05) is 19.9 Å². The van der Waals surface area contributed by atoms with Gasteiger partial charge >= 0.3 is 5.97 Å². The summed E-state index contributed by atoms with van der Waals surface area (Å²) in [7, 11) is 0. The monoisotopic (exact) mass is 313 g/mol. The van der Waals surface area contributed by atoms with E-state index in [1.807, 2.05) is 19.1 Å². The van der Waals surface area contributed by atoms with Crippen LogP contribution in [0.15, 0.2) is 42.9 Å². The summed E-state index contributed by atoms with van der Waals surface area (Å²) in [5, 5.41) is 2.78. The van der Waals surface area contributed by atoms with E-state index in [-0.39, 0.29) is 23.7 Å². The van der Waals surface area contributed by atoms with E-state index in [1.165, 1.54) is 12.3 Å². The maximum atomic E-state index is 12.0. The molecule has 2 rings (SSSR count). The van der Waals surface area contributed by atoms with Gasteiger partial charge in [-0.25, -0.2) is 4.98 Å². The van der Waals surface area contributed by atoms with E-state index in [0.29, 0.717) is 18.5 Å². The molecule has 2 aromatic heterocycles. The quantitative estimate of drug-likeness (QED) is 0.828. The molecule has 0 radical (unpaired) electrons. The van der Waals surface area contributed by atoms with Crippen LogP contribution < -0.4 is 10.1 Å². The lowest BCUT2D eigenvalue weighted by Gasteiger charge is -2.08. The summed E-state index contributed by atoms with van der Waals surface area (Å²) < 4.78 is 5.14. The number of carbonyl (C=O) groups is 2. The van der Waals surface area contributed by atoms with Gasteiger partial charge in [0.25, 0.3) is 5.91 Å². The minimum Gasteiger partial charge on any atom is -0.407 e. The summed E-state index contributed by atoms with van der Waals surface area (Å²) >= 11 is 0. The van der Waals surface area contributed by atoms with E-state index in [9.17, 15) is 9.59 Å². The normalized spacial score (nSPS) is 11.6. The van der Waals surface area contributed by atoms with Crippen LogP contribution in [-0.4, -0.2) is 21.8 Å². The van der Waals surface area contributed by atoms with Crippen LogP contribution in [0.4, 0.5) is 0 Å². The fourth-order valence-electron chi connectivity index (χ4n) is 1.73. The molecule has 0 aliphatic heterocycles. The highest BCUT2D eigenvalue weighted by atomic mass is 16.5. The molecule has 1 atom stereocenters. The van der Waals surface area contributed by atoms with Crippen LogP contribution in [0, 0.1) is 5.92 Å². The van der Waals surface area contributed by atoms with Crippen LogP contribution in [0.2, 0.25) is 0 Å². The number of hydrogen-bond acceptors (Lipinski definition) is 5. The van der Waals surface area contributed by atoms with Gasteiger partial charge < -0.3 is 10.1 Å². The van der Waals surface area contributed by atoms with E-state index in [2.05, 4.69) is 15.3 Å². The van der Waals surface area contributed by atoms with Gasteiger partial charge in [-0.15, -0.1) is 0 Å². The summed E-state index contributed by atoms with van der Waals surface area (Å²) in [6, 6.07) is 6.77. The average molecular weight is 313 g/mol. The Morgan fingerprint density at radius 3 is 2.70 bits per heavy atom. The molecule has 6 nitrogen and oxygen atoms in total. The number of hydrogen-bond donors (Lipinski definition) is 1. The number of carbonyl (C=O) groups excluding carboxylic acids is 2. The summed E-state index contributed by atoms with van der Waals surface area (Å²) in [5.74, 6) is -0.562. The minimum absolute atomic E-state index is 0.181. The molecule has 0 aliphatic rings. The number of amides is 1. The first-order chi connectivity index (χ1) is 11.1. The van der Waals surface area contributed by atoms with Gasteiger partial charge in [0, 0.05) is 31.2 Å². The highest BCUT2D eigenvalue weighted by molar-refractivity contribution is 5.93. The largest absolute Gasteiger partial charge is 0.407 e. The van der Waals surface area contributed by atoms with Crippen LogP contribution in [-0.2, 0) is 11.3 Å². The van der Waals surface area contributed by atoms with Gasteiger partial charge in [-0.2, -0.15) is 0 Å². The molecule has 1 N–H and O–H groups in total. The van der Waals surface area contributed by atoms with Crippen molar-refractivity contribution in [3.63, 3.8) is 0 Å². The molecule has 0 fully saturated rings. The molecule has 0 spiro atoms. The van der Waals surface area contributed by atoms with E-state index in [0.717, 1.165) is 5.56 Å². The summed E-state index contributed by atoms with van der Waals surface area (Å²) in [4.78, 5) is 31.7. The van der Waals surface area contributed by atoms with Gasteiger partial charge in [0.2, 0.25) is 5.88 Å². The second kappa shape index (κ2) is 8.03. The Hall–Kier alpha value is -2.76. The maximum Gasteiger partial charge on any atom is 0.315 e. The number of aromatic nitrogens is 2. The van der Waals surface area contributed by atoms with Crippen molar-refractivity contribution in [2.75, 3.05) is 0 Å². The first-order valence-electron chi connectivity index (χ1n) is 7.45. The minimum atomic E-state index is -0.325. The van der Waals surface area contributed by atoms with Gasteiger partial charge in [0.15, 0.2) is 0 Å². The Balaban J connectivity index is 1.91. The third-order valence-corrected chi connectivity index (χ3v) is 3.39. The molecule has 0 aliphatic carbocycles. The molecule has 2 aromatic rings. The summed E-state index contributed by atoms with van der Waals surface area (Å²) in [5.41, 5.74) is 1.31. The van der Waals surface area contributed by atoms with Gasteiger partial charge in [0.05, 0.1) is 11.5 Å². The molecule has 1 unspecified atom stereocenters. The second-order valence-electron chi connectivity index (χ2n) is 5.16. The number of rotatable bonds is 6. The Bertz CT molecular complexity index is 657. The molecule has 0 aromatic carbocycles. The summed E-state index contributed by atoms with van der Waals surface area (Å²) in [6.45, 7) is 4.09. The van der Waals surface area contributed by atoms with E-state index in [1.54, 1.807) is 25.4 Å². The van der Waals surface area contributed by atoms with Gasteiger partial charge in [0.1, 0.15) is 0 Å². The van der Waals surface area contributed by atoms with Crippen molar-refractivity contribution in [3.8, 4) is 5.88 Å². The van der Waals surface area contributed by atoms with Crippen molar-refractivity contribution in [2.24, 2.45) is 5.92 Å². The maximum absolute atomic E-state index is 12.0. The smallest absolute Gasteiger partial charge is 0.315 e. The zero-order chi connectivity index (χ0) is 16.7. The average Bonchev–Trinajstić information content (AvgIpc) is 2.60. The Kier molecular flexibility index (Phi) is 5.80. The third kappa shape index (κ3) is 4.88. The Morgan fingerprint density at radius 2 is 2.09 bits per heavy atom. The van der Waals surface area contributed by atoms with Crippen LogP contribution in [0.5, 0.6) is 5.88 Å². The fraction of sp³-hybridized carbons (Fsp3) is 0.294. The van der Waals surface area contributed by atoms with Crippen molar-refractivity contribution in [1.82, 2.24) is 15.3 Å². The molecular weight excluding hydrogens is 294 g/mol. The lowest BCUT2D eigenvalue weighted by Crippen LogP contribution is -2.23. The predicted molar refractivity (Wildman–Crippen MR) is 84.7 cm³/mol. The molecule has 2 heterocycles. The first-order valence-corrected chi connectivity index (χ1v) is 7.45. The second-order valence-corrected chi connectivity index (χ2v) is 5.16. The highest BCUT2D eigenvalue weighted by Crippen LogP contribution is 2.11. The highest BCUT2D eigenvalue weighted by Gasteiger charge is 2.14. The van der Waals surface area contributed by atoms with Crippen molar-refractivity contribution >= 4 is 11.9 Å². The van der Waals surface area contributed by atoms with Crippen molar-refractivity contribution in [3.05, 3.63) is 54.0 Å². The molecule has 1 amide bonds. The Morgan fingerprint density at radius 1 is 1.26 bits per heavy atom. The van der Waals surface area contributed by atoms with Crippen LogP contribution >= 0.6 is 0 Å². The zero-order valence-corrected chi connectivity index (χ0v) is 13.2. The first kappa shape index (κ1) is 16.6. The molecule has 120 valence electrons. The number of pyridine rings is 2. The van der Waals surface area contributed by atoms with Crippen molar-refractivity contribution in [2.45, 2.75) is 26.8 Å². The lowest BCUT2D eigenvalue weighted by molar-refractivity contribution is -0.138. The summed E-state index contributed by atoms with van der Waals surface area (Å²) in [6.07, 6.45) is 5.45. The van der Waals surface area contributed by atoms with Gasteiger partial charge in [-0.05, 0) is 24.1 Å². The topological polar surface area (TPSA) is 81.2 Å². The van der Waals surface area contributed by atoms with Gasteiger partial charge in [-0.3, -0.25) is 14.6 Å². The molecule has 0 bridgehead atoms.